The summed E-state index contributed by atoms with van der Waals surface area (Å²) in [6.45, 7) is 0.994. The molecule has 0 saturated carbocycles. The highest BCUT2D eigenvalue weighted by atomic mass is 79.9. The molecule has 0 atom stereocenters. The van der Waals surface area contributed by atoms with Gasteiger partial charge in [-0.25, -0.2) is 0 Å². The topological polar surface area (TPSA) is 44.5 Å². The molecule has 0 radical (unpaired) electrons. The second kappa shape index (κ2) is 5.58. The van der Waals surface area contributed by atoms with Gasteiger partial charge in [-0.1, -0.05) is 0 Å². The summed E-state index contributed by atoms with van der Waals surface area (Å²) >= 11 is 6.76. The first kappa shape index (κ1) is 11.8. The molecule has 78 valence electrons. The van der Waals surface area contributed by atoms with Crippen LogP contribution in [0.3, 0.4) is 0 Å². The van der Waals surface area contributed by atoms with E-state index in [1.165, 1.54) is 0 Å². The van der Waals surface area contributed by atoms with E-state index in [2.05, 4.69) is 31.9 Å². The van der Waals surface area contributed by atoms with Gasteiger partial charge in [0.1, 0.15) is 18.1 Å². The van der Waals surface area contributed by atoms with Crippen molar-refractivity contribution in [2.24, 2.45) is 5.73 Å². The summed E-state index contributed by atoms with van der Waals surface area (Å²) in [5, 5.41) is 0. The Kier molecular flexibility index (Phi) is 4.71. The highest BCUT2D eigenvalue weighted by Crippen LogP contribution is 2.35. The van der Waals surface area contributed by atoms with E-state index >= 15 is 0 Å². The van der Waals surface area contributed by atoms with Gasteiger partial charge in [-0.2, -0.15) is 0 Å². The largest absolute Gasteiger partial charge is 0.496 e. The maximum atomic E-state index is 5.41. The number of nitrogens with two attached hydrogens (primary N) is 1. The molecule has 3 nitrogen and oxygen atoms in total. The Morgan fingerprint density at radius 2 is 1.79 bits per heavy atom. The molecule has 0 aliphatic carbocycles. The van der Waals surface area contributed by atoms with Gasteiger partial charge in [0.15, 0.2) is 0 Å². The first-order valence-electron chi connectivity index (χ1n) is 4.05. The normalized spacial score (nSPS) is 10.0. The van der Waals surface area contributed by atoms with Crippen LogP contribution in [0.4, 0.5) is 0 Å². The van der Waals surface area contributed by atoms with Gasteiger partial charge in [-0.05, 0) is 44.0 Å². The Labute approximate surface area is 99.8 Å². The second-order valence-electron chi connectivity index (χ2n) is 2.55. The van der Waals surface area contributed by atoms with E-state index in [1.54, 1.807) is 7.11 Å². The molecule has 5 heteroatoms. The molecule has 0 saturated heterocycles. The van der Waals surface area contributed by atoms with Gasteiger partial charge in [0.05, 0.1) is 16.1 Å². The monoisotopic (exact) mass is 323 g/mol. The number of methoxy groups -OCH3 is 1. The van der Waals surface area contributed by atoms with Crippen molar-refractivity contribution < 1.29 is 9.47 Å². The van der Waals surface area contributed by atoms with Crippen LogP contribution in [0.1, 0.15) is 0 Å². The van der Waals surface area contributed by atoms with Crippen LogP contribution < -0.4 is 15.2 Å². The second-order valence-corrected chi connectivity index (χ2v) is 4.26. The number of hydrogen-bond donors (Lipinski definition) is 1. The molecule has 14 heavy (non-hydrogen) atoms. The van der Waals surface area contributed by atoms with Crippen molar-refractivity contribution in [2.45, 2.75) is 0 Å². The van der Waals surface area contributed by atoms with Crippen LogP contribution in [0, 0.1) is 0 Å². The molecule has 0 unspecified atom stereocenters. The Morgan fingerprint density at radius 3 is 2.36 bits per heavy atom. The van der Waals surface area contributed by atoms with E-state index in [1.807, 2.05) is 12.1 Å². The molecular weight excluding hydrogens is 314 g/mol. The Balaban J connectivity index is 2.90. The average Bonchev–Trinajstić information content (AvgIpc) is 2.18. The fourth-order valence-electron chi connectivity index (χ4n) is 0.946. The van der Waals surface area contributed by atoms with E-state index in [9.17, 15) is 0 Å². The number of benzene rings is 1. The van der Waals surface area contributed by atoms with E-state index in [0.717, 1.165) is 20.4 Å². The predicted molar refractivity (Wildman–Crippen MR) is 62.9 cm³/mol. The summed E-state index contributed by atoms with van der Waals surface area (Å²) in [5.41, 5.74) is 5.34. The van der Waals surface area contributed by atoms with Gasteiger partial charge >= 0.3 is 0 Å². The molecule has 0 aliphatic rings. The van der Waals surface area contributed by atoms with Crippen LogP contribution in [0.5, 0.6) is 11.5 Å². The minimum absolute atomic E-state index is 0.496. The summed E-state index contributed by atoms with van der Waals surface area (Å²) in [6, 6.07) is 3.69. The third kappa shape index (κ3) is 2.87. The summed E-state index contributed by atoms with van der Waals surface area (Å²) < 4.78 is 12.2. The van der Waals surface area contributed by atoms with Crippen LogP contribution in [0.25, 0.3) is 0 Å². The lowest BCUT2D eigenvalue weighted by molar-refractivity contribution is 0.325. The van der Waals surface area contributed by atoms with E-state index in [0.29, 0.717) is 13.2 Å². The first-order valence-corrected chi connectivity index (χ1v) is 5.63. The minimum atomic E-state index is 0.496. The third-order valence-corrected chi connectivity index (χ3v) is 2.82. The quantitative estimate of drug-likeness (QED) is 0.925. The fourth-order valence-corrected chi connectivity index (χ4v) is 1.87. The molecule has 2 N–H and O–H groups in total. The van der Waals surface area contributed by atoms with Gasteiger partial charge in [0.2, 0.25) is 0 Å². The number of rotatable bonds is 4. The van der Waals surface area contributed by atoms with Crippen LogP contribution in [-0.4, -0.2) is 20.3 Å². The molecule has 1 rings (SSSR count). The van der Waals surface area contributed by atoms with E-state index in [4.69, 9.17) is 15.2 Å². The molecule has 0 bridgehead atoms. The zero-order chi connectivity index (χ0) is 10.6. The maximum absolute atomic E-state index is 5.41. The zero-order valence-corrected chi connectivity index (χ0v) is 10.9. The van der Waals surface area contributed by atoms with Crippen molar-refractivity contribution in [1.29, 1.82) is 0 Å². The highest BCUT2D eigenvalue weighted by molar-refractivity contribution is 9.11. The van der Waals surface area contributed by atoms with Crippen molar-refractivity contribution in [3.63, 3.8) is 0 Å². The van der Waals surface area contributed by atoms with Crippen LogP contribution in [0.2, 0.25) is 0 Å². The fraction of sp³-hybridized carbons (Fsp3) is 0.333. The van der Waals surface area contributed by atoms with Gasteiger partial charge in [-0.3, -0.25) is 0 Å². The van der Waals surface area contributed by atoms with Gasteiger partial charge in [0.25, 0.3) is 0 Å². The molecular formula is C9H11Br2NO2. The molecule has 1 aromatic rings. The lowest BCUT2D eigenvalue weighted by Gasteiger charge is -2.10. The van der Waals surface area contributed by atoms with Gasteiger partial charge in [0, 0.05) is 6.54 Å². The molecule has 0 spiro atoms. The molecule has 1 aromatic carbocycles. The minimum Gasteiger partial charge on any atom is -0.496 e. The third-order valence-electron chi connectivity index (χ3n) is 1.58. The van der Waals surface area contributed by atoms with Crippen molar-refractivity contribution in [2.75, 3.05) is 20.3 Å². The SMILES string of the molecule is COc1cc(Br)c(OCCN)cc1Br. The van der Waals surface area contributed by atoms with Crippen LogP contribution >= 0.6 is 31.9 Å². The number of halogens is 2. The van der Waals surface area contributed by atoms with Crippen molar-refractivity contribution in [3.05, 3.63) is 21.1 Å². The van der Waals surface area contributed by atoms with Crippen molar-refractivity contribution in [1.82, 2.24) is 0 Å². The lowest BCUT2D eigenvalue weighted by Crippen LogP contribution is -2.10. The Morgan fingerprint density at radius 1 is 1.21 bits per heavy atom. The van der Waals surface area contributed by atoms with Crippen molar-refractivity contribution in [3.8, 4) is 11.5 Å². The standard InChI is InChI=1S/C9H11Br2NO2/c1-13-8-4-7(11)9(5-6(8)10)14-3-2-12/h4-5H,2-3,12H2,1H3. The van der Waals surface area contributed by atoms with E-state index < -0.39 is 0 Å². The first-order chi connectivity index (χ1) is 6.69. The number of hydrogen-bond acceptors (Lipinski definition) is 3. The predicted octanol–water partition coefficient (Wildman–Crippen LogP) is 2.56. The van der Waals surface area contributed by atoms with Crippen molar-refractivity contribution >= 4 is 31.9 Å². The summed E-state index contributed by atoms with van der Waals surface area (Å²) in [5.74, 6) is 1.51. The van der Waals surface area contributed by atoms with Crippen LogP contribution in [0.15, 0.2) is 21.1 Å². The molecule has 0 amide bonds. The Hall–Kier alpha value is -0.260. The van der Waals surface area contributed by atoms with Gasteiger partial charge in [-0.15, -0.1) is 0 Å². The molecule has 0 fully saturated rings. The maximum Gasteiger partial charge on any atom is 0.134 e. The van der Waals surface area contributed by atoms with E-state index in [-0.39, 0.29) is 0 Å². The molecule has 0 aliphatic heterocycles. The summed E-state index contributed by atoms with van der Waals surface area (Å²) in [4.78, 5) is 0. The number of ether oxygens (including phenoxy) is 2. The van der Waals surface area contributed by atoms with Crippen LogP contribution in [-0.2, 0) is 0 Å². The molecule has 0 aromatic heterocycles. The summed E-state index contributed by atoms with van der Waals surface area (Å²) in [7, 11) is 1.62. The summed E-state index contributed by atoms with van der Waals surface area (Å²) in [6.07, 6.45) is 0. The highest BCUT2D eigenvalue weighted by Gasteiger charge is 2.07. The average molecular weight is 325 g/mol. The zero-order valence-electron chi connectivity index (χ0n) is 7.72. The smallest absolute Gasteiger partial charge is 0.134 e. The lowest BCUT2D eigenvalue weighted by atomic mass is 10.3. The van der Waals surface area contributed by atoms with Gasteiger partial charge < -0.3 is 15.2 Å². The Bertz CT molecular complexity index is 318. The molecule has 0 heterocycles.